The zero-order valence-electron chi connectivity index (χ0n) is 22.7. The molecule has 5 rings (SSSR count). The number of aliphatic hydroxyl groups is 1. The predicted octanol–water partition coefficient (Wildman–Crippen LogP) is 1.77. The number of ether oxygens (including phenoxy) is 2. The number of carbonyl (C=O) groups excluding carboxylic acids is 2. The summed E-state index contributed by atoms with van der Waals surface area (Å²) in [4.78, 5) is 28.1. The van der Waals surface area contributed by atoms with Crippen LogP contribution < -0.4 is 9.47 Å². The van der Waals surface area contributed by atoms with Gasteiger partial charge in [-0.1, -0.05) is 6.07 Å². The highest BCUT2D eigenvalue weighted by atomic mass is 19.1. The summed E-state index contributed by atoms with van der Waals surface area (Å²) in [6.07, 6.45) is 3.36. The van der Waals surface area contributed by atoms with E-state index in [1.54, 1.807) is 38.1 Å². The maximum absolute atomic E-state index is 15.1. The molecule has 0 aliphatic carbocycles. The molecule has 1 aliphatic heterocycles. The van der Waals surface area contributed by atoms with Gasteiger partial charge in [0.05, 0.1) is 18.3 Å². The van der Waals surface area contributed by atoms with Crippen LogP contribution in [0.5, 0.6) is 0 Å². The highest BCUT2D eigenvalue weighted by molar-refractivity contribution is 5.94. The molecule has 0 unspecified atom stereocenters. The van der Waals surface area contributed by atoms with Crippen LogP contribution in [0, 0.1) is 11.6 Å². The van der Waals surface area contributed by atoms with Crippen molar-refractivity contribution in [3.05, 3.63) is 78.6 Å². The maximum atomic E-state index is 15.1. The van der Waals surface area contributed by atoms with Crippen molar-refractivity contribution in [2.45, 2.75) is 38.8 Å². The van der Waals surface area contributed by atoms with Crippen molar-refractivity contribution >= 4 is 17.9 Å². The number of benzene rings is 2. The van der Waals surface area contributed by atoms with Crippen LogP contribution in [0.2, 0.25) is 0 Å². The Hall–Kier alpha value is -4.99. The lowest BCUT2D eigenvalue weighted by Crippen LogP contribution is -2.53. The van der Waals surface area contributed by atoms with Crippen LogP contribution >= 0.6 is 0 Å². The fraction of sp³-hybridized carbons (Fsp3) is 0.346. The van der Waals surface area contributed by atoms with Gasteiger partial charge in [0.15, 0.2) is 0 Å². The van der Waals surface area contributed by atoms with Gasteiger partial charge < -0.3 is 19.5 Å². The number of nitrogens with zero attached hydrogens (tertiary/aromatic N) is 9. The predicted molar refractivity (Wildman–Crippen MR) is 139 cm³/mol. The molecule has 2 amide bonds. The van der Waals surface area contributed by atoms with Gasteiger partial charge >= 0.3 is 12.2 Å². The van der Waals surface area contributed by atoms with E-state index in [1.165, 1.54) is 42.7 Å². The molecule has 1 aliphatic rings. The summed E-state index contributed by atoms with van der Waals surface area (Å²) < 4.78 is 42.8. The number of hydrogen-bond acceptors (Lipinski definition) is 9. The van der Waals surface area contributed by atoms with Gasteiger partial charge in [0.1, 0.15) is 30.1 Å². The molecule has 1 fully saturated rings. The second kappa shape index (κ2) is 11.9. The normalized spacial score (nSPS) is 15.5. The Morgan fingerprint density at radius 2 is 1.90 bits per heavy atom. The van der Waals surface area contributed by atoms with Gasteiger partial charge in [-0.2, -0.15) is 0 Å². The molecule has 2 aromatic heterocycles. The molecular formula is C26H28F2N9O5+. The number of hydrogen-bond donors (Lipinski definition) is 1. The zero-order chi connectivity index (χ0) is 29.9. The second-order valence-electron chi connectivity index (χ2n) is 9.54. The molecule has 0 radical (unpaired) electrons. The molecule has 220 valence electrons. The van der Waals surface area contributed by atoms with Gasteiger partial charge in [-0.15, -0.1) is 9.78 Å². The fourth-order valence-electron chi connectivity index (χ4n) is 4.80. The maximum Gasteiger partial charge on any atom is 0.510 e. The van der Waals surface area contributed by atoms with E-state index >= 15 is 4.39 Å². The van der Waals surface area contributed by atoms with E-state index < -0.39 is 35.5 Å². The Balaban J connectivity index is 1.38. The Morgan fingerprint density at radius 3 is 2.60 bits per heavy atom. The summed E-state index contributed by atoms with van der Waals surface area (Å²) in [5.74, 6) is -1.79. The van der Waals surface area contributed by atoms with Crippen molar-refractivity contribution < 1.29 is 37.5 Å². The average molecular weight is 585 g/mol. The number of halogens is 2. The van der Waals surface area contributed by atoms with Crippen LogP contribution in [-0.4, -0.2) is 77.9 Å². The summed E-state index contributed by atoms with van der Waals surface area (Å²) in [6, 6.07) is 8.48. The standard InChI is InChI=1S/C26H28F2N9O5/c1-3-41-25(39)42-17-33-15-30-34(16-33)13-26(40,22-9-4-19(27)12-23(22)28)18(2)35-10-11-36(24(35)38)20-5-7-21(8-6-20)37-14-29-31-32-37/h4-9,12,14-16,18,40H,3,10-11,13,17H2,1-2H3/q+1/t18-,26-/m1/s1. The molecule has 0 spiro atoms. The molecule has 2 atom stereocenters. The number of tetrazole rings is 1. The van der Waals surface area contributed by atoms with Crippen LogP contribution in [0.1, 0.15) is 19.4 Å². The van der Waals surface area contributed by atoms with Crippen LogP contribution in [0.25, 0.3) is 5.69 Å². The van der Waals surface area contributed by atoms with Gasteiger partial charge in [-0.25, -0.2) is 27.6 Å². The fourth-order valence-corrected chi connectivity index (χ4v) is 4.80. The summed E-state index contributed by atoms with van der Waals surface area (Å²) in [5, 5.41) is 27.3. The Labute approximate surface area is 238 Å². The van der Waals surface area contributed by atoms with Gasteiger partial charge in [0.2, 0.25) is 13.1 Å². The quantitative estimate of drug-likeness (QED) is 0.218. The SMILES string of the molecule is CCOC(=O)OC[n+]1cnn(C[C@](O)(c2ccc(F)cc2F)[C@@H](C)N2CCN(c3ccc(-n4cnnn4)cc3)C2=O)c1. The minimum Gasteiger partial charge on any atom is -0.435 e. The minimum atomic E-state index is -2.04. The zero-order valence-corrected chi connectivity index (χ0v) is 22.7. The van der Waals surface area contributed by atoms with Gasteiger partial charge in [-0.3, -0.25) is 4.90 Å². The van der Waals surface area contributed by atoms with E-state index in [0.717, 1.165) is 12.1 Å². The van der Waals surface area contributed by atoms with E-state index in [2.05, 4.69) is 20.6 Å². The van der Waals surface area contributed by atoms with Gasteiger partial charge in [0.25, 0.3) is 6.33 Å². The minimum absolute atomic E-state index is 0.148. The van der Waals surface area contributed by atoms with Crippen molar-refractivity contribution in [2.24, 2.45) is 0 Å². The third-order valence-corrected chi connectivity index (χ3v) is 7.00. The van der Waals surface area contributed by atoms with Crippen molar-refractivity contribution in [1.29, 1.82) is 0 Å². The highest BCUT2D eigenvalue weighted by Crippen LogP contribution is 2.35. The second-order valence-corrected chi connectivity index (χ2v) is 9.54. The van der Waals surface area contributed by atoms with Gasteiger partial charge in [0, 0.05) is 35.5 Å². The van der Waals surface area contributed by atoms with Gasteiger partial charge in [-0.05, 0) is 54.6 Å². The van der Waals surface area contributed by atoms with Crippen LogP contribution in [0.3, 0.4) is 0 Å². The molecule has 3 heterocycles. The average Bonchev–Trinajstić information content (AvgIpc) is 3.74. The molecular weight excluding hydrogens is 556 g/mol. The first kappa shape index (κ1) is 28.5. The van der Waals surface area contributed by atoms with E-state index in [4.69, 9.17) is 9.47 Å². The topological polar surface area (TPSA) is 145 Å². The molecule has 4 aromatic rings. The van der Waals surface area contributed by atoms with Crippen molar-refractivity contribution in [3.8, 4) is 5.69 Å². The Morgan fingerprint density at radius 1 is 1.14 bits per heavy atom. The summed E-state index contributed by atoms with van der Waals surface area (Å²) >= 11 is 0. The first-order valence-electron chi connectivity index (χ1n) is 13.0. The highest BCUT2D eigenvalue weighted by Gasteiger charge is 2.47. The first-order valence-corrected chi connectivity index (χ1v) is 13.0. The summed E-state index contributed by atoms with van der Waals surface area (Å²) in [7, 11) is 0. The Kier molecular flexibility index (Phi) is 8.06. The number of anilines is 1. The first-order chi connectivity index (χ1) is 20.2. The van der Waals surface area contributed by atoms with Crippen LogP contribution in [0.15, 0.2) is 61.4 Å². The number of carbonyl (C=O) groups is 2. The van der Waals surface area contributed by atoms with Crippen molar-refractivity contribution in [2.75, 3.05) is 24.6 Å². The Bertz CT molecular complexity index is 1550. The smallest absolute Gasteiger partial charge is 0.435 e. The molecule has 1 saturated heterocycles. The summed E-state index contributed by atoms with van der Waals surface area (Å²) in [6.45, 7) is 3.38. The number of amides is 2. The summed E-state index contributed by atoms with van der Waals surface area (Å²) in [5.41, 5.74) is -0.943. The lowest BCUT2D eigenvalue weighted by molar-refractivity contribution is -0.728. The third kappa shape index (κ3) is 5.74. The van der Waals surface area contributed by atoms with Crippen LogP contribution in [-0.2, 0) is 28.4 Å². The molecule has 14 nitrogen and oxygen atoms in total. The van der Waals surface area contributed by atoms with E-state index in [-0.39, 0.29) is 32.0 Å². The van der Waals surface area contributed by atoms with Crippen molar-refractivity contribution in [1.82, 2.24) is 34.9 Å². The molecule has 0 bridgehead atoms. The molecule has 1 N–H and O–H groups in total. The lowest BCUT2D eigenvalue weighted by Gasteiger charge is -2.38. The monoisotopic (exact) mass is 584 g/mol. The molecule has 42 heavy (non-hydrogen) atoms. The molecule has 2 aromatic carbocycles. The largest absolute Gasteiger partial charge is 0.510 e. The molecule has 0 saturated carbocycles. The number of aromatic nitrogens is 7. The van der Waals surface area contributed by atoms with Crippen molar-refractivity contribution in [3.63, 3.8) is 0 Å². The third-order valence-electron chi connectivity index (χ3n) is 7.00. The van der Waals surface area contributed by atoms with Crippen LogP contribution in [0.4, 0.5) is 24.1 Å². The number of rotatable bonds is 10. The number of urea groups is 1. The van der Waals surface area contributed by atoms with E-state index in [1.807, 2.05) is 0 Å². The molecule has 16 heteroatoms. The lowest BCUT2D eigenvalue weighted by atomic mass is 9.85. The van der Waals surface area contributed by atoms with E-state index in [0.29, 0.717) is 24.0 Å². The van der Waals surface area contributed by atoms with E-state index in [9.17, 15) is 19.1 Å².